The normalized spacial score (nSPS) is 10.5. The number of H-pyrrole nitrogens is 1. The third kappa shape index (κ3) is 4.40. The lowest BCUT2D eigenvalue weighted by molar-refractivity contribution is -0.113. The number of methoxy groups -OCH3 is 1. The summed E-state index contributed by atoms with van der Waals surface area (Å²) in [6, 6.07) is 15.0. The van der Waals surface area contributed by atoms with Crippen molar-refractivity contribution in [2.24, 2.45) is 0 Å². The van der Waals surface area contributed by atoms with Gasteiger partial charge in [0.15, 0.2) is 5.82 Å². The van der Waals surface area contributed by atoms with Crippen molar-refractivity contribution in [2.75, 3.05) is 18.2 Å². The van der Waals surface area contributed by atoms with Gasteiger partial charge in [0.2, 0.25) is 11.1 Å². The summed E-state index contributed by atoms with van der Waals surface area (Å²) in [5.41, 5.74) is 1.56. The maximum absolute atomic E-state index is 12.1. The van der Waals surface area contributed by atoms with E-state index in [1.807, 2.05) is 48.5 Å². The fourth-order valence-electron chi connectivity index (χ4n) is 2.15. The maximum atomic E-state index is 12.1. The number of hydrogen-bond donors (Lipinski definition) is 2. The van der Waals surface area contributed by atoms with E-state index in [4.69, 9.17) is 4.74 Å². The Labute approximate surface area is 157 Å². The van der Waals surface area contributed by atoms with E-state index < -0.39 is 0 Å². The van der Waals surface area contributed by atoms with Gasteiger partial charge in [0, 0.05) is 4.47 Å². The van der Waals surface area contributed by atoms with Crippen molar-refractivity contribution in [3.8, 4) is 17.1 Å². The molecule has 0 saturated carbocycles. The number of aromatic amines is 1. The topological polar surface area (TPSA) is 79.9 Å². The van der Waals surface area contributed by atoms with Crippen LogP contribution in [0.2, 0.25) is 0 Å². The summed E-state index contributed by atoms with van der Waals surface area (Å²) in [5, 5.41) is 10.4. The minimum Gasteiger partial charge on any atom is -0.496 e. The molecule has 1 amide bonds. The molecule has 8 heteroatoms. The van der Waals surface area contributed by atoms with Crippen molar-refractivity contribution in [1.82, 2.24) is 15.2 Å². The zero-order valence-electron chi connectivity index (χ0n) is 13.3. The Morgan fingerprint density at radius 3 is 2.80 bits per heavy atom. The third-order valence-electron chi connectivity index (χ3n) is 3.31. The number of aromatic nitrogens is 3. The molecule has 0 bridgehead atoms. The fourth-order valence-corrected chi connectivity index (χ4v) is 3.13. The van der Waals surface area contributed by atoms with Gasteiger partial charge in [0.05, 0.1) is 24.1 Å². The molecule has 0 unspecified atom stereocenters. The van der Waals surface area contributed by atoms with Crippen LogP contribution in [0.3, 0.4) is 0 Å². The summed E-state index contributed by atoms with van der Waals surface area (Å²) < 4.78 is 6.16. The average molecular weight is 419 g/mol. The molecule has 0 saturated heterocycles. The minimum absolute atomic E-state index is 0.124. The van der Waals surface area contributed by atoms with Crippen LogP contribution in [-0.2, 0) is 4.79 Å². The molecule has 0 radical (unpaired) electrons. The van der Waals surface area contributed by atoms with Crippen LogP contribution < -0.4 is 10.1 Å². The summed E-state index contributed by atoms with van der Waals surface area (Å²) in [6.45, 7) is 0. The van der Waals surface area contributed by atoms with Gasteiger partial charge in [-0.2, -0.15) is 0 Å². The van der Waals surface area contributed by atoms with E-state index in [0.717, 1.165) is 15.7 Å². The number of rotatable bonds is 6. The maximum Gasteiger partial charge on any atom is 0.234 e. The Balaban J connectivity index is 1.62. The molecule has 2 aromatic carbocycles. The SMILES string of the molecule is COc1ccccc1-c1nc(SCC(=O)Nc2ccccc2Br)n[nH]1. The molecule has 0 aliphatic carbocycles. The molecule has 0 fully saturated rings. The number of nitrogens with one attached hydrogen (secondary N) is 2. The number of ether oxygens (including phenoxy) is 1. The average Bonchev–Trinajstić information content (AvgIpc) is 3.11. The van der Waals surface area contributed by atoms with Crippen LogP contribution in [0.25, 0.3) is 11.4 Å². The van der Waals surface area contributed by atoms with E-state index >= 15 is 0 Å². The molecule has 1 aromatic heterocycles. The number of amides is 1. The largest absolute Gasteiger partial charge is 0.496 e. The van der Waals surface area contributed by atoms with Gasteiger partial charge in [0.25, 0.3) is 0 Å². The van der Waals surface area contributed by atoms with E-state index in [-0.39, 0.29) is 11.7 Å². The second-order valence-electron chi connectivity index (χ2n) is 4.98. The number of nitrogens with zero attached hydrogens (tertiary/aromatic N) is 2. The zero-order valence-corrected chi connectivity index (χ0v) is 15.7. The highest BCUT2D eigenvalue weighted by atomic mass is 79.9. The van der Waals surface area contributed by atoms with Crippen LogP contribution in [-0.4, -0.2) is 34.0 Å². The monoisotopic (exact) mass is 418 g/mol. The first kappa shape index (κ1) is 17.5. The Morgan fingerprint density at radius 2 is 2.00 bits per heavy atom. The van der Waals surface area contributed by atoms with Gasteiger partial charge >= 0.3 is 0 Å². The Hall–Kier alpha value is -2.32. The van der Waals surface area contributed by atoms with Crippen LogP contribution in [0, 0.1) is 0 Å². The van der Waals surface area contributed by atoms with Crippen LogP contribution in [0.15, 0.2) is 58.2 Å². The first-order chi connectivity index (χ1) is 12.2. The van der Waals surface area contributed by atoms with Gasteiger partial charge in [-0.15, -0.1) is 5.10 Å². The lowest BCUT2D eigenvalue weighted by Gasteiger charge is -2.05. The van der Waals surface area contributed by atoms with Crippen LogP contribution in [0.4, 0.5) is 5.69 Å². The summed E-state index contributed by atoms with van der Waals surface area (Å²) in [4.78, 5) is 16.5. The lowest BCUT2D eigenvalue weighted by Crippen LogP contribution is -2.14. The van der Waals surface area contributed by atoms with Crippen molar-refractivity contribution in [1.29, 1.82) is 0 Å². The van der Waals surface area contributed by atoms with E-state index in [1.54, 1.807) is 7.11 Å². The summed E-state index contributed by atoms with van der Waals surface area (Å²) in [6.07, 6.45) is 0. The Morgan fingerprint density at radius 1 is 1.24 bits per heavy atom. The molecule has 128 valence electrons. The highest BCUT2D eigenvalue weighted by Crippen LogP contribution is 2.28. The molecular formula is C17H15BrN4O2S. The molecule has 0 spiro atoms. The van der Waals surface area contributed by atoms with Crippen molar-refractivity contribution < 1.29 is 9.53 Å². The highest BCUT2D eigenvalue weighted by molar-refractivity contribution is 9.10. The number of thioether (sulfide) groups is 1. The van der Waals surface area contributed by atoms with Crippen LogP contribution in [0.1, 0.15) is 0 Å². The van der Waals surface area contributed by atoms with Crippen molar-refractivity contribution >= 4 is 39.3 Å². The summed E-state index contributed by atoms with van der Waals surface area (Å²) in [5.74, 6) is 1.40. The molecule has 0 atom stereocenters. The number of benzene rings is 2. The standard InChI is InChI=1S/C17H15BrN4O2S/c1-24-14-9-5-2-6-11(14)16-20-17(22-21-16)25-10-15(23)19-13-8-4-3-7-12(13)18/h2-9H,10H2,1H3,(H,19,23)(H,20,21,22). The predicted molar refractivity (Wildman–Crippen MR) is 102 cm³/mol. The van der Waals surface area contributed by atoms with E-state index in [9.17, 15) is 4.79 Å². The minimum atomic E-state index is -0.124. The first-order valence-electron chi connectivity index (χ1n) is 7.40. The lowest BCUT2D eigenvalue weighted by atomic mass is 10.2. The Bertz CT molecular complexity index is 884. The molecule has 0 aliphatic heterocycles. The number of halogens is 1. The second-order valence-corrected chi connectivity index (χ2v) is 6.78. The number of carbonyl (C=O) groups excluding carboxylic acids is 1. The summed E-state index contributed by atoms with van der Waals surface area (Å²) in [7, 11) is 1.61. The molecule has 3 rings (SSSR count). The van der Waals surface area contributed by atoms with Gasteiger partial charge in [-0.1, -0.05) is 36.0 Å². The molecule has 0 aliphatic rings. The molecule has 25 heavy (non-hydrogen) atoms. The molecule has 3 aromatic rings. The van der Waals surface area contributed by atoms with E-state index in [1.165, 1.54) is 11.8 Å². The Kier molecular flexibility index (Phi) is 5.72. The van der Waals surface area contributed by atoms with Crippen LogP contribution >= 0.6 is 27.7 Å². The van der Waals surface area contributed by atoms with Crippen molar-refractivity contribution in [3.63, 3.8) is 0 Å². The van der Waals surface area contributed by atoms with E-state index in [0.29, 0.717) is 16.7 Å². The van der Waals surface area contributed by atoms with Gasteiger partial charge in [-0.05, 0) is 40.2 Å². The molecular weight excluding hydrogens is 404 g/mol. The quantitative estimate of drug-likeness (QED) is 0.591. The number of carbonyl (C=O) groups is 1. The van der Waals surface area contributed by atoms with Gasteiger partial charge in [0.1, 0.15) is 5.75 Å². The number of anilines is 1. The molecule has 6 nitrogen and oxygen atoms in total. The fraction of sp³-hybridized carbons (Fsp3) is 0.118. The number of para-hydroxylation sites is 2. The van der Waals surface area contributed by atoms with Crippen molar-refractivity contribution in [3.05, 3.63) is 53.0 Å². The molecule has 2 N–H and O–H groups in total. The number of hydrogen-bond acceptors (Lipinski definition) is 5. The predicted octanol–water partition coefficient (Wildman–Crippen LogP) is 3.97. The van der Waals surface area contributed by atoms with Gasteiger partial charge < -0.3 is 10.1 Å². The smallest absolute Gasteiger partial charge is 0.234 e. The van der Waals surface area contributed by atoms with Gasteiger partial charge in [-0.3, -0.25) is 9.89 Å². The first-order valence-corrected chi connectivity index (χ1v) is 9.18. The highest BCUT2D eigenvalue weighted by Gasteiger charge is 2.12. The molecule has 1 heterocycles. The summed E-state index contributed by atoms with van der Waals surface area (Å²) >= 11 is 4.66. The second kappa shape index (κ2) is 8.17. The van der Waals surface area contributed by atoms with E-state index in [2.05, 4.69) is 36.4 Å². The van der Waals surface area contributed by atoms with Crippen LogP contribution in [0.5, 0.6) is 5.75 Å². The zero-order chi connectivity index (χ0) is 17.6. The third-order valence-corrected chi connectivity index (χ3v) is 4.85. The van der Waals surface area contributed by atoms with Gasteiger partial charge in [-0.25, -0.2) is 4.98 Å². The van der Waals surface area contributed by atoms with Crippen molar-refractivity contribution in [2.45, 2.75) is 5.16 Å².